The quantitative estimate of drug-likeness (QED) is 0.454. The summed E-state index contributed by atoms with van der Waals surface area (Å²) < 4.78 is 11.5. The highest BCUT2D eigenvalue weighted by Gasteiger charge is 2.31. The highest BCUT2D eigenvalue weighted by atomic mass is 16.6. The molecule has 36 heavy (non-hydrogen) atoms. The topological polar surface area (TPSA) is 42.0 Å². The van der Waals surface area contributed by atoms with Crippen molar-refractivity contribution in [2.24, 2.45) is 5.92 Å². The number of amides is 1. The number of benzene rings is 2. The van der Waals surface area contributed by atoms with Crippen molar-refractivity contribution in [3.8, 4) is 11.5 Å². The maximum atomic E-state index is 13.9. The van der Waals surface area contributed by atoms with Gasteiger partial charge in [0.05, 0.1) is 0 Å². The van der Waals surface area contributed by atoms with Crippen molar-refractivity contribution < 1.29 is 14.3 Å². The van der Waals surface area contributed by atoms with E-state index in [9.17, 15) is 4.79 Å². The number of fused-ring (bicyclic) bond motifs is 1. The van der Waals surface area contributed by atoms with E-state index in [4.69, 9.17) is 9.47 Å². The summed E-state index contributed by atoms with van der Waals surface area (Å²) in [6.07, 6.45) is 11.5. The molecule has 2 heterocycles. The number of ether oxygens (including phenoxy) is 2. The van der Waals surface area contributed by atoms with Gasteiger partial charge < -0.3 is 14.4 Å². The van der Waals surface area contributed by atoms with Gasteiger partial charge in [-0.3, -0.25) is 9.69 Å². The number of likely N-dealkylation sites (tertiary alicyclic amines) is 1. The van der Waals surface area contributed by atoms with E-state index in [1.165, 1.54) is 62.6 Å². The van der Waals surface area contributed by atoms with Crippen LogP contribution in [0.15, 0.2) is 54.1 Å². The van der Waals surface area contributed by atoms with Gasteiger partial charge in [-0.05, 0) is 68.8 Å². The molecule has 2 fully saturated rings. The molecular weight excluding hydrogens is 448 g/mol. The Kier molecular flexibility index (Phi) is 8.27. The number of hydrogen-bond donors (Lipinski definition) is 0. The van der Waals surface area contributed by atoms with Crippen LogP contribution in [0.1, 0.15) is 67.8 Å². The normalized spacial score (nSPS) is 20.9. The Morgan fingerprint density at radius 1 is 0.972 bits per heavy atom. The Labute approximate surface area is 216 Å². The van der Waals surface area contributed by atoms with E-state index in [0.717, 1.165) is 24.8 Å². The lowest BCUT2D eigenvalue weighted by molar-refractivity contribution is 0.0709. The Morgan fingerprint density at radius 2 is 1.75 bits per heavy atom. The van der Waals surface area contributed by atoms with Crippen LogP contribution in [0.25, 0.3) is 6.08 Å². The Morgan fingerprint density at radius 3 is 2.56 bits per heavy atom. The van der Waals surface area contributed by atoms with Crippen LogP contribution in [-0.2, 0) is 0 Å². The molecule has 3 aliphatic rings. The Bertz CT molecular complexity index is 1050. The molecule has 5 rings (SSSR count). The number of hydrogen-bond acceptors (Lipinski definition) is 4. The second kappa shape index (κ2) is 12.0. The average molecular weight is 489 g/mol. The molecule has 0 N–H and O–H groups in total. The van der Waals surface area contributed by atoms with Crippen LogP contribution in [0.4, 0.5) is 0 Å². The minimum atomic E-state index is 0.0669. The number of rotatable bonds is 8. The first kappa shape index (κ1) is 24.9. The third kappa shape index (κ3) is 6.31. The molecule has 2 aromatic carbocycles. The number of carbonyl (C=O) groups is 1. The van der Waals surface area contributed by atoms with Gasteiger partial charge in [-0.2, -0.15) is 0 Å². The van der Waals surface area contributed by atoms with Crippen molar-refractivity contribution in [1.82, 2.24) is 9.80 Å². The fourth-order valence-corrected chi connectivity index (χ4v) is 6.06. The fraction of sp³-hybridized carbons (Fsp3) is 0.516. The monoisotopic (exact) mass is 488 g/mol. The summed E-state index contributed by atoms with van der Waals surface area (Å²) in [5.41, 5.74) is 3.02. The summed E-state index contributed by atoms with van der Waals surface area (Å²) in [6, 6.07) is 16.4. The van der Waals surface area contributed by atoms with E-state index >= 15 is 0 Å². The van der Waals surface area contributed by atoms with Gasteiger partial charge >= 0.3 is 0 Å². The van der Waals surface area contributed by atoms with E-state index in [1.54, 1.807) is 0 Å². The molecule has 192 valence electrons. The van der Waals surface area contributed by atoms with Gasteiger partial charge in [0.25, 0.3) is 5.91 Å². The molecule has 1 atom stereocenters. The standard InChI is InChI=1S/C31H40N2O3/c1-24(19-25-9-4-2-5-10-25)21-33(31(34)27-14-15-29-30(20-27)36-18-17-35-29)23-28-13-8-16-32(28)22-26-11-6-3-7-12-26/h2,4-5,9-10,14-15,19-20,26,28H,3,6-8,11-13,16-18,21-23H2,1H3/b24-19+/t28-/m0/s1. The van der Waals surface area contributed by atoms with Crippen molar-refractivity contribution in [2.45, 2.75) is 57.9 Å². The molecule has 0 radical (unpaired) electrons. The van der Waals surface area contributed by atoms with Gasteiger partial charge in [0.2, 0.25) is 0 Å². The third-order valence-electron chi connectivity index (χ3n) is 7.88. The fourth-order valence-electron chi connectivity index (χ4n) is 6.06. The second-order valence-corrected chi connectivity index (χ2v) is 10.7. The predicted molar refractivity (Wildman–Crippen MR) is 145 cm³/mol. The zero-order chi connectivity index (χ0) is 24.7. The van der Waals surface area contributed by atoms with Crippen molar-refractivity contribution >= 4 is 12.0 Å². The average Bonchev–Trinajstić information content (AvgIpc) is 3.35. The Balaban J connectivity index is 1.34. The molecule has 5 heteroatoms. The summed E-state index contributed by atoms with van der Waals surface area (Å²) >= 11 is 0. The van der Waals surface area contributed by atoms with Gasteiger partial charge in [-0.25, -0.2) is 0 Å². The molecule has 1 amide bonds. The minimum Gasteiger partial charge on any atom is -0.486 e. The first-order valence-corrected chi connectivity index (χ1v) is 13.8. The molecule has 1 saturated carbocycles. The second-order valence-electron chi connectivity index (χ2n) is 10.7. The van der Waals surface area contributed by atoms with Crippen LogP contribution >= 0.6 is 0 Å². The summed E-state index contributed by atoms with van der Waals surface area (Å²) in [4.78, 5) is 18.6. The predicted octanol–water partition coefficient (Wildman–Crippen LogP) is 6.05. The lowest BCUT2D eigenvalue weighted by Crippen LogP contribution is -2.45. The molecule has 0 bridgehead atoms. The van der Waals surface area contributed by atoms with E-state index in [0.29, 0.717) is 37.1 Å². The molecule has 0 aromatic heterocycles. The van der Waals surface area contributed by atoms with Gasteiger partial charge in [0.15, 0.2) is 11.5 Å². The van der Waals surface area contributed by atoms with Crippen LogP contribution in [0, 0.1) is 5.92 Å². The van der Waals surface area contributed by atoms with E-state index in [-0.39, 0.29) is 5.91 Å². The molecule has 2 aromatic rings. The lowest BCUT2D eigenvalue weighted by atomic mass is 9.89. The molecule has 0 unspecified atom stereocenters. The number of carbonyl (C=O) groups excluding carboxylic acids is 1. The molecule has 0 spiro atoms. The summed E-state index contributed by atoms with van der Waals surface area (Å²) in [5, 5.41) is 0. The smallest absolute Gasteiger partial charge is 0.254 e. The van der Waals surface area contributed by atoms with Crippen LogP contribution in [0.3, 0.4) is 0 Å². The van der Waals surface area contributed by atoms with Crippen molar-refractivity contribution in [2.75, 3.05) is 39.4 Å². The highest BCUT2D eigenvalue weighted by Crippen LogP contribution is 2.32. The molecule has 2 aliphatic heterocycles. The molecule has 5 nitrogen and oxygen atoms in total. The van der Waals surface area contributed by atoms with Gasteiger partial charge in [-0.15, -0.1) is 0 Å². The zero-order valence-electron chi connectivity index (χ0n) is 21.7. The summed E-state index contributed by atoms with van der Waals surface area (Å²) in [6.45, 7) is 6.93. The van der Waals surface area contributed by atoms with E-state index in [1.807, 2.05) is 24.3 Å². The summed E-state index contributed by atoms with van der Waals surface area (Å²) in [5.74, 6) is 2.28. The van der Waals surface area contributed by atoms with Gasteiger partial charge in [0, 0.05) is 31.2 Å². The number of nitrogens with zero attached hydrogens (tertiary/aromatic N) is 2. The SMILES string of the molecule is C/C(=C\c1ccccc1)CN(C[C@@H]1CCCN1CC1CCCCC1)C(=O)c1ccc2c(c1)OCCO2. The van der Waals surface area contributed by atoms with Crippen molar-refractivity contribution in [3.05, 3.63) is 65.2 Å². The van der Waals surface area contributed by atoms with Crippen LogP contribution < -0.4 is 9.47 Å². The van der Waals surface area contributed by atoms with Gasteiger partial charge in [0.1, 0.15) is 13.2 Å². The molecule has 1 aliphatic carbocycles. The maximum Gasteiger partial charge on any atom is 0.254 e. The van der Waals surface area contributed by atoms with Crippen LogP contribution in [-0.4, -0.2) is 61.1 Å². The first-order chi connectivity index (χ1) is 17.7. The maximum absolute atomic E-state index is 13.9. The van der Waals surface area contributed by atoms with Crippen LogP contribution in [0.5, 0.6) is 11.5 Å². The minimum absolute atomic E-state index is 0.0669. The van der Waals surface area contributed by atoms with E-state index < -0.39 is 0 Å². The highest BCUT2D eigenvalue weighted by molar-refractivity contribution is 5.95. The summed E-state index contributed by atoms with van der Waals surface area (Å²) in [7, 11) is 0. The lowest BCUT2D eigenvalue weighted by Gasteiger charge is -2.34. The zero-order valence-corrected chi connectivity index (χ0v) is 21.7. The third-order valence-corrected chi connectivity index (χ3v) is 7.88. The largest absolute Gasteiger partial charge is 0.486 e. The Hall–Kier alpha value is -2.79. The van der Waals surface area contributed by atoms with E-state index in [2.05, 4.69) is 47.1 Å². The van der Waals surface area contributed by atoms with Crippen molar-refractivity contribution in [1.29, 1.82) is 0 Å². The van der Waals surface area contributed by atoms with Gasteiger partial charge in [-0.1, -0.05) is 61.2 Å². The van der Waals surface area contributed by atoms with Crippen LogP contribution in [0.2, 0.25) is 0 Å². The van der Waals surface area contributed by atoms with Crippen molar-refractivity contribution in [3.63, 3.8) is 0 Å². The molecule has 1 saturated heterocycles. The first-order valence-electron chi connectivity index (χ1n) is 13.8. The molecular formula is C31H40N2O3.